The van der Waals surface area contributed by atoms with Crippen molar-refractivity contribution >= 4 is 16.9 Å². The smallest absolute Gasteiger partial charge is 0.339 e. The van der Waals surface area contributed by atoms with E-state index in [9.17, 15) is 4.79 Å². The highest BCUT2D eigenvalue weighted by atomic mass is 32.2. The molecular weight excluding hydrogens is 412 g/mol. The molecule has 5 rings (SSSR count). The molecule has 0 saturated heterocycles. The second-order valence-electron chi connectivity index (χ2n) is 8.30. The van der Waals surface area contributed by atoms with Crippen LogP contribution in [0, 0.1) is 0 Å². The Kier molecular flexibility index (Phi) is 6.00. The molecule has 0 fully saturated rings. The van der Waals surface area contributed by atoms with Gasteiger partial charge in [-0.05, 0) is 92.3 Å². The molecule has 0 heterocycles. The zero-order chi connectivity index (χ0) is 21.8. The average Bonchev–Trinajstić information content (AvgIpc) is 3.54. The predicted molar refractivity (Wildman–Crippen MR) is 130 cm³/mol. The minimum absolute atomic E-state index is 0.223. The molecule has 1 unspecified atom stereocenters. The molecule has 0 spiro atoms. The van der Waals surface area contributed by atoms with Crippen LogP contribution in [0.15, 0.2) is 123 Å². The van der Waals surface area contributed by atoms with Crippen LogP contribution in [0.1, 0.15) is 42.5 Å². The Balaban J connectivity index is 1.41. The summed E-state index contributed by atoms with van der Waals surface area (Å²) in [7, 11) is -0.223. The van der Waals surface area contributed by atoms with Gasteiger partial charge in [-0.25, -0.2) is 4.79 Å². The van der Waals surface area contributed by atoms with Gasteiger partial charge in [0.1, 0.15) is 0 Å². The number of carbonyl (C=O) groups excluding carboxylic acids is 1. The third kappa shape index (κ3) is 4.18. The summed E-state index contributed by atoms with van der Waals surface area (Å²) in [5.74, 6) is -0.241. The first-order chi connectivity index (χ1) is 15.8. The fraction of sp³-hybridized carbons (Fsp3) is 0.207. The molecule has 0 saturated carbocycles. The van der Waals surface area contributed by atoms with Crippen LogP contribution in [0.5, 0.6) is 0 Å². The third-order valence-electron chi connectivity index (χ3n) is 6.21. The van der Waals surface area contributed by atoms with E-state index in [2.05, 4.69) is 78.9 Å². The molecule has 2 aliphatic carbocycles. The van der Waals surface area contributed by atoms with Crippen LogP contribution in [0.2, 0.25) is 0 Å². The van der Waals surface area contributed by atoms with E-state index in [1.54, 1.807) is 0 Å². The normalized spacial score (nSPS) is 19.8. The molecule has 0 aliphatic heterocycles. The predicted octanol–water partition coefficient (Wildman–Crippen LogP) is 7.14. The Hall–Kier alpha value is -3.04. The zero-order valence-electron chi connectivity index (χ0n) is 18.1. The second-order valence-corrected chi connectivity index (χ2v) is 10.3. The van der Waals surface area contributed by atoms with Gasteiger partial charge in [0.2, 0.25) is 0 Å². The van der Waals surface area contributed by atoms with Gasteiger partial charge in [0.25, 0.3) is 0 Å². The lowest BCUT2D eigenvalue weighted by Crippen LogP contribution is -2.33. The number of hydrogen-bond donors (Lipinski definition) is 0. The maximum Gasteiger partial charge on any atom is 0.339 e. The summed E-state index contributed by atoms with van der Waals surface area (Å²) in [5.41, 5.74) is 1.34. The Morgan fingerprint density at radius 2 is 1.41 bits per heavy atom. The zero-order valence-corrected chi connectivity index (χ0v) is 18.9. The topological polar surface area (TPSA) is 26.3 Å². The summed E-state index contributed by atoms with van der Waals surface area (Å²) in [6, 6.07) is 29.1. The fourth-order valence-corrected chi connectivity index (χ4v) is 6.68. The molecule has 160 valence electrons. The minimum atomic E-state index is -0.537. The highest BCUT2D eigenvalue weighted by molar-refractivity contribution is 7.97. The van der Waals surface area contributed by atoms with Gasteiger partial charge in [0.05, 0.1) is 16.5 Å². The number of rotatable bonds is 6. The Bertz CT molecular complexity index is 1090. The van der Waals surface area contributed by atoms with Gasteiger partial charge in [-0.15, -0.1) is 0 Å². The summed E-state index contributed by atoms with van der Waals surface area (Å²) in [5, 5.41) is 0. The molecule has 2 aliphatic rings. The summed E-state index contributed by atoms with van der Waals surface area (Å²) in [4.78, 5) is 16.8. The van der Waals surface area contributed by atoms with E-state index >= 15 is 0 Å². The number of benzene rings is 3. The Morgan fingerprint density at radius 3 is 1.94 bits per heavy atom. The molecule has 0 amide bonds. The van der Waals surface area contributed by atoms with Gasteiger partial charge in [0.15, 0.2) is 20.3 Å². The second kappa shape index (κ2) is 9.22. The van der Waals surface area contributed by atoms with Crippen molar-refractivity contribution in [2.24, 2.45) is 0 Å². The van der Waals surface area contributed by atoms with E-state index in [-0.39, 0.29) is 16.9 Å². The van der Waals surface area contributed by atoms with Gasteiger partial charge in [-0.3, -0.25) is 0 Å². The molecule has 3 heteroatoms. The van der Waals surface area contributed by atoms with E-state index in [0.717, 1.165) is 32.1 Å². The van der Waals surface area contributed by atoms with Crippen molar-refractivity contribution in [1.82, 2.24) is 0 Å². The van der Waals surface area contributed by atoms with Gasteiger partial charge < -0.3 is 4.74 Å². The molecule has 0 radical (unpaired) electrons. The lowest BCUT2D eigenvalue weighted by Gasteiger charge is -2.29. The summed E-state index contributed by atoms with van der Waals surface area (Å²) < 4.78 is 6.15. The van der Waals surface area contributed by atoms with Crippen molar-refractivity contribution in [2.75, 3.05) is 0 Å². The minimum Gasteiger partial charge on any atom is -0.447 e. The molecule has 0 aromatic heterocycles. The number of carbonyl (C=O) groups is 1. The van der Waals surface area contributed by atoms with Crippen LogP contribution in [-0.4, -0.2) is 11.6 Å². The number of esters is 1. The largest absolute Gasteiger partial charge is 0.447 e. The van der Waals surface area contributed by atoms with Gasteiger partial charge in [-0.2, -0.15) is 0 Å². The van der Waals surface area contributed by atoms with Gasteiger partial charge in [0, 0.05) is 0 Å². The highest BCUT2D eigenvalue weighted by Gasteiger charge is 2.39. The van der Waals surface area contributed by atoms with Crippen LogP contribution >= 0.6 is 0 Å². The fourth-order valence-electron chi connectivity index (χ4n) is 4.60. The van der Waals surface area contributed by atoms with Gasteiger partial charge in [-0.1, -0.05) is 48.6 Å². The van der Waals surface area contributed by atoms with Crippen LogP contribution < -0.4 is 0 Å². The molecule has 0 bridgehead atoms. The Morgan fingerprint density at radius 1 is 0.781 bits per heavy atom. The first-order valence-corrected chi connectivity index (χ1v) is 12.5. The Labute approximate surface area is 193 Å². The van der Waals surface area contributed by atoms with E-state index in [0.29, 0.717) is 5.56 Å². The van der Waals surface area contributed by atoms with Crippen molar-refractivity contribution in [1.29, 1.82) is 0 Å². The van der Waals surface area contributed by atoms with Crippen molar-refractivity contribution in [2.45, 2.75) is 52.4 Å². The first kappa shape index (κ1) is 20.8. The van der Waals surface area contributed by atoms with E-state index in [1.165, 1.54) is 20.3 Å². The lowest BCUT2D eigenvalue weighted by atomic mass is 9.92. The standard InChI is InChI=1S/C29H27O2S/c30-28(31-29(21-9-10-22-29)24-11-7-8-12-24)23-17-19-27(20-18-23)32(25-13-3-1-4-14-25)26-15-5-2-6-16-26/h1-6,9,11,13-21H,7-8,10,12,22H2/q+1. The van der Waals surface area contributed by atoms with Gasteiger partial charge >= 0.3 is 5.97 Å². The summed E-state index contributed by atoms with van der Waals surface area (Å²) in [6.45, 7) is 0. The monoisotopic (exact) mass is 439 g/mol. The van der Waals surface area contributed by atoms with E-state index in [4.69, 9.17) is 4.74 Å². The molecule has 3 aromatic carbocycles. The quantitative estimate of drug-likeness (QED) is 0.232. The molecule has 1 atom stereocenters. The van der Waals surface area contributed by atoms with Crippen LogP contribution in [0.3, 0.4) is 0 Å². The van der Waals surface area contributed by atoms with Crippen LogP contribution in [0.25, 0.3) is 0 Å². The lowest BCUT2D eigenvalue weighted by molar-refractivity contribution is 0.0162. The van der Waals surface area contributed by atoms with Crippen molar-refractivity contribution in [3.05, 3.63) is 114 Å². The number of ether oxygens (including phenoxy) is 1. The number of hydrogen-bond acceptors (Lipinski definition) is 2. The first-order valence-electron chi connectivity index (χ1n) is 11.3. The SMILES string of the molecule is O=C(OC1(C2=CCCC2)C=CCC1)c1ccc([S+](c2ccccc2)c2ccccc2)cc1. The van der Waals surface area contributed by atoms with E-state index < -0.39 is 5.60 Å². The molecule has 2 nitrogen and oxygen atoms in total. The maximum absolute atomic E-state index is 13.1. The van der Waals surface area contributed by atoms with Crippen LogP contribution in [-0.2, 0) is 15.6 Å². The molecular formula is C29H27O2S+. The van der Waals surface area contributed by atoms with Crippen molar-refractivity contribution in [3.63, 3.8) is 0 Å². The molecule has 3 aromatic rings. The van der Waals surface area contributed by atoms with Crippen molar-refractivity contribution < 1.29 is 9.53 Å². The maximum atomic E-state index is 13.1. The third-order valence-corrected chi connectivity index (χ3v) is 8.44. The molecule has 0 N–H and O–H groups in total. The summed E-state index contributed by atoms with van der Waals surface area (Å²) in [6.07, 6.45) is 11.6. The average molecular weight is 440 g/mol. The van der Waals surface area contributed by atoms with Crippen LogP contribution in [0.4, 0.5) is 0 Å². The number of allylic oxidation sites excluding steroid dienone is 2. The molecule has 32 heavy (non-hydrogen) atoms. The van der Waals surface area contributed by atoms with E-state index in [1.807, 2.05) is 24.3 Å². The highest BCUT2D eigenvalue weighted by Crippen LogP contribution is 2.40. The summed E-state index contributed by atoms with van der Waals surface area (Å²) >= 11 is 0. The van der Waals surface area contributed by atoms with Crippen molar-refractivity contribution in [3.8, 4) is 0 Å².